The van der Waals surface area contributed by atoms with Gasteiger partial charge in [0.2, 0.25) is 0 Å². The predicted molar refractivity (Wildman–Crippen MR) is 77.0 cm³/mol. The average Bonchev–Trinajstić information content (AvgIpc) is 3.23. The van der Waals surface area contributed by atoms with E-state index in [4.69, 9.17) is 9.15 Å². The number of rotatable bonds is 2. The number of ether oxygens (including phenoxy) is 1. The molecular formula is C16H17N3O3. The number of hydrogen-bond acceptors (Lipinski definition) is 5. The van der Waals surface area contributed by atoms with Crippen LogP contribution in [0.3, 0.4) is 0 Å². The lowest BCUT2D eigenvalue weighted by Gasteiger charge is -2.33. The number of amides is 1. The van der Waals surface area contributed by atoms with Crippen LogP contribution in [0.4, 0.5) is 0 Å². The van der Waals surface area contributed by atoms with Crippen molar-refractivity contribution < 1.29 is 13.9 Å². The van der Waals surface area contributed by atoms with E-state index in [9.17, 15) is 4.79 Å². The van der Waals surface area contributed by atoms with E-state index in [0.717, 1.165) is 25.1 Å². The third-order valence-electron chi connectivity index (χ3n) is 4.54. The quantitative estimate of drug-likeness (QED) is 0.849. The molecular weight excluding hydrogens is 282 g/mol. The summed E-state index contributed by atoms with van der Waals surface area (Å²) in [6.07, 6.45) is 8.35. The summed E-state index contributed by atoms with van der Waals surface area (Å²) in [5.41, 5.74) is 1.53. The highest BCUT2D eigenvalue weighted by Crippen LogP contribution is 2.40. The molecule has 0 aromatic carbocycles. The van der Waals surface area contributed by atoms with Crippen LogP contribution in [0.5, 0.6) is 0 Å². The zero-order chi connectivity index (χ0) is 14.9. The molecule has 0 saturated carbocycles. The van der Waals surface area contributed by atoms with E-state index in [1.54, 1.807) is 18.6 Å². The summed E-state index contributed by atoms with van der Waals surface area (Å²) in [7, 11) is 0. The van der Waals surface area contributed by atoms with Crippen molar-refractivity contribution in [3.8, 4) is 0 Å². The molecule has 6 nitrogen and oxygen atoms in total. The van der Waals surface area contributed by atoms with Crippen molar-refractivity contribution in [1.82, 2.24) is 14.9 Å². The number of nitrogens with zero attached hydrogens (tertiary/aromatic N) is 3. The van der Waals surface area contributed by atoms with Crippen LogP contribution in [0.15, 0.2) is 41.6 Å². The summed E-state index contributed by atoms with van der Waals surface area (Å²) < 4.78 is 11.1. The van der Waals surface area contributed by atoms with Gasteiger partial charge in [-0.05, 0) is 30.9 Å². The fraction of sp³-hybridized carbons (Fsp3) is 0.438. The van der Waals surface area contributed by atoms with E-state index in [2.05, 4.69) is 9.97 Å². The van der Waals surface area contributed by atoms with E-state index in [1.165, 1.54) is 12.5 Å². The van der Waals surface area contributed by atoms with Crippen LogP contribution in [-0.2, 0) is 4.74 Å². The minimum absolute atomic E-state index is 0.0151. The molecule has 6 heteroatoms. The van der Waals surface area contributed by atoms with Gasteiger partial charge in [0.1, 0.15) is 18.7 Å². The normalized spacial score (nSPS) is 27.6. The van der Waals surface area contributed by atoms with Crippen molar-refractivity contribution in [2.75, 3.05) is 13.1 Å². The first-order valence-corrected chi connectivity index (χ1v) is 7.54. The lowest BCUT2D eigenvalue weighted by atomic mass is 9.91. The average molecular weight is 299 g/mol. The predicted octanol–water partition coefficient (Wildman–Crippen LogP) is 2.06. The fourth-order valence-corrected chi connectivity index (χ4v) is 3.37. The van der Waals surface area contributed by atoms with Crippen molar-refractivity contribution >= 4 is 5.91 Å². The van der Waals surface area contributed by atoms with Gasteiger partial charge in [-0.2, -0.15) is 0 Å². The molecule has 2 fully saturated rings. The summed E-state index contributed by atoms with van der Waals surface area (Å²) >= 11 is 0. The van der Waals surface area contributed by atoms with Gasteiger partial charge in [-0.1, -0.05) is 0 Å². The van der Waals surface area contributed by atoms with Gasteiger partial charge in [0.25, 0.3) is 5.91 Å². The molecule has 3 atom stereocenters. The Morgan fingerprint density at radius 1 is 1.36 bits per heavy atom. The van der Waals surface area contributed by atoms with Crippen LogP contribution >= 0.6 is 0 Å². The van der Waals surface area contributed by atoms with Gasteiger partial charge < -0.3 is 14.1 Å². The summed E-state index contributed by atoms with van der Waals surface area (Å²) in [6.45, 7) is 1.40. The second-order valence-corrected chi connectivity index (χ2v) is 5.85. The highest BCUT2D eigenvalue weighted by Gasteiger charge is 2.41. The van der Waals surface area contributed by atoms with Crippen LogP contribution in [0.2, 0.25) is 0 Å². The largest absolute Gasteiger partial charge is 0.472 e. The molecule has 1 amide bonds. The summed E-state index contributed by atoms with van der Waals surface area (Å²) in [5.74, 6) is 0.509. The Bertz CT molecular complexity index is 644. The number of carbonyl (C=O) groups excluding carboxylic acids is 1. The summed E-state index contributed by atoms with van der Waals surface area (Å²) in [4.78, 5) is 22.5. The number of carbonyl (C=O) groups is 1. The molecule has 114 valence electrons. The first-order chi connectivity index (χ1) is 10.8. The van der Waals surface area contributed by atoms with E-state index < -0.39 is 0 Å². The van der Waals surface area contributed by atoms with Crippen LogP contribution in [0.1, 0.15) is 35.0 Å². The first kappa shape index (κ1) is 13.5. The SMILES string of the molecule is O=C(c1ccoc1)N1CC[C@H]2C[C@@H](c3ccncn3)O[C@@H]2C1. The highest BCUT2D eigenvalue weighted by molar-refractivity contribution is 5.93. The van der Waals surface area contributed by atoms with E-state index >= 15 is 0 Å². The maximum absolute atomic E-state index is 12.4. The first-order valence-electron chi connectivity index (χ1n) is 7.54. The highest BCUT2D eigenvalue weighted by atomic mass is 16.5. The standard InChI is InChI=1S/C16H17N3O3/c20-16(12-3-6-21-9-12)19-5-2-11-7-14(22-15(11)8-19)13-1-4-17-10-18-13/h1,3-4,6,9-11,14-15H,2,5,7-8H2/t11-,14-,15+/m0/s1. The van der Waals surface area contributed by atoms with Crippen LogP contribution in [0, 0.1) is 5.92 Å². The van der Waals surface area contributed by atoms with Crippen LogP contribution < -0.4 is 0 Å². The van der Waals surface area contributed by atoms with Gasteiger partial charge in [0.15, 0.2) is 0 Å². The van der Waals surface area contributed by atoms with Gasteiger partial charge >= 0.3 is 0 Å². The van der Waals surface area contributed by atoms with Crippen LogP contribution in [-0.4, -0.2) is 40.0 Å². The van der Waals surface area contributed by atoms with E-state index in [-0.39, 0.29) is 18.1 Å². The minimum Gasteiger partial charge on any atom is -0.472 e. The monoisotopic (exact) mass is 299 g/mol. The Labute approximate surface area is 128 Å². The molecule has 0 radical (unpaired) electrons. The summed E-state index contributed by atoms with van der Waals surface area (Å²) in [5, 5.41) is 0. The molecule has 0 N–H and O–H groups in total. The van der Waals surface area contributed by atoms with Gasteiger partial charge in [0, 0.05) is 19.3 Å². The zero-order valence-electron chi connectivity index (χ0n) is 12.1. The maximum Gasteiger partial charge on any atom is 0.257 e. The second-order valence-electron chi connectivity index (χ2n) is 5.85. The number of likely N-dealkylation sites (tertiary alicyclic amines) is 1. The number of hydrogen-bond donors (Lipinski definition) is 0. The molecule has 4 rings (SSSR count). The van der Waals surface area contributed by atoms with Crippen molar-refractivity contribution in [3.63, 3.8) is 0 Å². The fourth-order valence-electron chi connectivity index (χ4n) is 3.37. The third-order valence-corrected chi connectivity index (χ3v) is 4.54. The molecule has 0 bridgehead atoms. The zero-order valence-corrected chi connectivity index (χ0v) is 12.1. The van der Waals surface area contributed by atoms with Gasteiger partial charge in [-0.15, -0.1) is 0 Å². The smallest absolute Gasteiger partial charge is 0.257 e. The molecule has 4 heterocycles. The summed E-state index contributed by atoms with van der Waals surface area (Å²) in [6, 6.07) is 3.60. The minimum atomic E-state index is 0.0151. The number of piperidine rings is 1. The van der Waals surface area contributed by atoms with Crippen molar-refractivity contribution in [2.24, 2.45) is 5.92 Å². The van der Waals surface area contributed by atoms with E-state index in [0.29, 0.717) is 18.0 Å². The van der Waals surface area contributed by atoms with Crippen molar-refractivity contribution in [2.45, 2.75) is 25.0 Å². The second kappa shape index (κ2) is 5.53. The molecule has 2 aromatic heterocycles. The molecule has 2 aromatic rings. The van der Waals surface area contributed by atoms with Crippen LogP contribution in [0.25, 0.3) is 0 Å². The molecule has 2 saturated heterocycles. The van der Waals surface area contributed by atoms with Gasteiger partial charge in [0.05, 0.1) is 23.6 Å². The lowest BCUT2D eigenvalue weighted by molar-refractivity contribution is -0.00566. The Morgan fingerprint density at radius 3 is 3.09 bits per heavy atom. The molecule has 0 unspecified atom stereocenters. The molecule has 22 heavy (non-hydrogen) atoms. The molecule has 0 aliphatic carbocycles. The maximum atomic E-state index is 12.4. The van der Waals surface area contributed by atoms with Crippen molar-refractivity contribution in [3.05, 3.63) is 48.4 Å². The van der Waals surface area contributed by atoms with Crippen molar-refractivity contribution in [1.29, 1.82) is 0 Å². The Kier molecular flexibility index (Phi) is 3.38. The molecule has 2 aliphatic heterocycles. The van der Waals surface area contributed by atoms with Gasteiger partial charge in [-0.25, -0.2) is 9.97 Å². The number of aromatic nitrogens is 2. The van der Waals surface area contributed by atoms with E-state index in [1.807, 2.05) is 11.0 Å². The topological polar surface area (TPSA) is 68.5 Å². The molecule has 2 aliphatic rings. The third kappa shape index (κ3) is 2.39. The number of furan rings is 1. The van der Waals surface area contributed by atoms with Gasteiger partial charge in [-0.3, -0.25) is 4.79 Å². The Morgan fingerprint density at radius 2 is 2.32 bits per heavy atom. The molecule has 0 spiro atoms. The Balaban J connectivity index is 1.45. The lowest BCUT2D eigenvalue weighted by Crippen LogP contribution is -2.45. The Hall–Kier alpha value is -2.21. The number of fused-ring (bicyclic) bond motifs is 1.